The minimum absolute atomic E-state index is 0.0304. The topological polar surface area (TPSA) is 96.4 Å². The van der Waals surface area contributed by atoms with E-state index in [2.05, 4.69) is 25.6 Å². The Morgan fingerprint density at radius 2 is 2.25 bits per heavy atom. The van der Waals surface area contributed by atoms with Crippen molar-refractivity contribution in [1.29, 1.82) is 0 Å². The van der Waals surface area contributed by atoms with Gasteiger partial charge in [0.1, 0.15) is 9.77 Å². The number of nitrogens with one attached hydrogen (secondary N) is 1. The summed E-state index contributed by atoms with van der Waals surface area (Å²) in [6.07, 6.45) is 2.15. The van der Waals surface area contributed by atoms with Crippen molar-refractivity contribution in [1.82, 2.24) is 9.71 Å². The minimum atomic E-state index is -3.73. The van der Waals surface area contributed by atoms with Crippen molar-refractivity contribution in [2.24, 2.45) is 0 Å². The number of carboxylic acid groups (broad SMARTS) is 1. The van der Waals surface area contributed by atoms with Crippen LogP contribution in [0.2, 0.25) is 0 Å². The molecular weight excluding hydrogens is 388 g/mol. The molecule has 2 heterocycles. The third kappa shape index (κ3) is 3.64. The molecule has 0 saturated carbocycles. The molecule has 0 aliphatic heterocycles. The van der Waals surface area contributed by atoms with Crippen LogP contribution in [0.4, 0.5) is 0 Å². The summed E-state index contributed by atoms with van der Waals surface area (Å²) in [5.74, 6) is -1.15. The predicted molar refractivity (Wildman–Crippen MR) is 80.0 cm³/mol. The van der Waals surface area contributed by atoms with Crippen molar-refractivity contribution in [3.05, 3.63) is 31.3 Å². The Labute approximate surface area is 131 Å². The van der Waals surface area contributed by atoms with E-state index in [1.165, 1.54) is 11.3 Å². The van der Waals surface area contributed by atoms with E-state index in [0.717, 1.165) is 22.4 Å². The second-order valence-corrected chi connectivity index (χ2v) is 8.71. The van der Waals surface area contributed by atoms with Crippen LogP contribution >= 0.6 is 38.6 Å². The highest BCUT2D eigenvalue weighted by molar-refractivity contribution is 9.11. The lowest BCUT2D eigenvalue weighted by Crippen LogP contribution is -2.25. The maximum Gasteiger partial charge on any atom is 0.345 e. The van der Waals surface area contributed by atoms with E-state index in [4.69, 9.17) is 5.11 Å². The van der Waals surface area contributed by atoms with Crippen molar-refractivity contribution in [3.63, 3.8) is 0 Å². The Balaban J connectivity index is 2.08. The number of carboxylic acids is 1. The predicted octanol–water partition coefficient (Wildman–Crippen LogP) is 2.19. The van der Waals surface area contributed by atoms with Gasteiger partial charge in [0.25, 0.3) is 0 Å². The Bertz CT molecular complexity index is 709. The average Bonchev–Trinajstić information content (AvgIpc) is 2.98. The molecule has 6 nitrogen and oxygen atoms in total. The molecule has 0 bridgehead atoms. The molecule has 20 heavy (non-hydrogen) atoms. The highest BCUT2D eigenvalue weighted by Crippen LogP contribution is 2.31. The monoisotopic (exact) mass is 396 g/mol. The SMILES string of the molecule is O=C(O)c1cc(S(=O)(=O)NCCc2nccs2)c(Br)s1. The quantitative estimate of drug-likeness (QED) is 0.779. The van der Waals surface area contributed by atoms with Crippen molar-refractivity contribution in [3.8, 4) is 0 Å². The number of carbonyl (C=O) groups is 1. The number of nitrogens with zero attached hydrogens (tertiary/aromatic N) is 1. The molecule has 0 saturated heterocycles. The van der Waals surface area contributed by atoms with Gasteiger partial charge in [-0.1, -0.05) is 0 Å². The standard InChI is InChI=1S/C10H9BrN2O4S3/c11-9-7(5-6(19-9)10(14)15)20(16,17)13-2-1-8-12-3-4-18-8/h3-5,13H,1-2H2,(H,14,15). The van der Waals surface area contributed by atoms with Gasteiger partial charge in [-0.15, -0.1) is 22.7 Å². The van der Waals surface area contributed by atoms with Gasteiger partial charge < -0.3 is 5.11 Å². The van der Waals surface area contributed by atoms with Crippen molar-refractivity contribution in [2.45, 2.75) is 11.3 Å². The van der Waals surface area contributed by atoms with Crippen LogP contribution in [0.25, 0.3) is 0 Å². The smallest absolute Gasteiger partial charge is 0.345 e. The van der Waals surface area contributed by atoms with E-state index >= 15 is 0 Å². The van der Waals surface area contributed by atoms with Gasteiger partial charge in [0, 0.05) is 24.5 Å². The zero-order valence-electron chi connectivity index (χ0n) is 9.87. The number of aromatic carboxylic acids is 1. The molecule has 0 atom stereocenters. The number of thiophene rings is 1. The summed E-state index contributed by atoms with van der Waals surface area (Å²) in [5, 5.41) is 11.5. The van der Waals surface area contributed by atoms with E-state index in [9.17, 15) is 13.2 Å². The second-order valence-electron chi connectivity index (χ2n) is 3.63. The molecule has 0 spiro atoms. The summed E-state index contributed by atoms with van der Waals surface area (Å²) in [7, 11) is -3.73. The third-order valence-electron chi connectivity index (χ3n) is 2.27. The van der Waals surface area contributed by atoms with Crippen LogP contribution in [0.5, 0.6) is 0 Å². The lowest BCUT2D eigenvalue weighted by molar-refractivity contribution is 0.0702. The Kier molecular flexibility index (Phi) is 4.91. The van der Waals surface area contributed by atoms with E-state index < -0.39 is 16.0 Å². The minimum Gasteiger partial charge on any atom is -0.477 e. The summed E-state index contributed by atoms with van der Waals surface area (Å²) in [5.41, 5.74) is 0. The number of thiazole rings is 1. The third-order valence-corrected chi connectivity index (χ3v) is 6.81. The Morgan fingerprint density at radius 1 is 1.50 bits per heavy atom. The first-order chi connectivity index (χ1) is 9.40. The van der Waals surface area contributed by atoms with Crippen LogP contribution in [0, 0.1) is 0 Å². The lowest BCUT2D eigenvalue weighted by Gasteiger charge is -2.04. The fourth-order valence-electron chi connectivity index (χ4n) is 1.39. The number of aromatic nitrogens is 1. The summed E-state index contributed by atoms with van der Waals surface area (Å²) in [6.45, 7) is 0.209. The second kappa shape index (κ2) is 6.31. The molecule has 2 aromatic heterocycles. The van der Waals surface area contributed by atoms with Gasteiger partial charge in [-0.05, 0) is 22.0 Å². The lowest BCUT2D eigenvalue weighted by atomic mass is 10.5. The maximum atomic E-state index is 12.1. The summed E-state index contributed by atoms with van der Waals surface area (Å²) in [4.78, 5) is 14.8. The summed E-state index contributed by atoms with van der Waals surface area (Å²) >= 11 is 5.40. The summed E-state index contributed by atoms with van der Waals surface area (Å²) in [6, 6.07) is 1.14. The molecule has 10 heteroatoms. The first-order valence-corrected chi connectivity index (χ1v) is 9.28. The van der Waals surface area contributed by atoms with Crippen molar-refractivity contribution < 1.29 is 18.3 Å². The average molecular weight is 397 g/mol. The zero-order valence-corrected chi connectivity index (χ0v) is 13.9. The van der Waals surface area contributed by atoms with Crippen molar-refractivity contribution in [2.75, 3.05) is 6.54 Å². The Morgan fingerprint density at radius 3 is 2.80 bits per heavy atom. The van der Waals surface area contributed by atoms with E-state index in [-0.39, 0.29) is 20.1 Å². The van der Waals surface area contributed by atoms with Crippen LogP contribution in [0.1, 0.15) is 14.7 Å². The molecule has 2 N–H and O–H groups in total. The molecule has 2 rings (SSSR count). The Hall–Kier alpha value is -0.810. The van der Waals surface area contributed by atoms with Crippen LogP contribution < -0.4 is 4.72 Å². The molecule has 0 aliphatic carbocycles. The summed E-state index contributed by atoms with van der Waals surface area (Å²) < 4.78 is 26.9. The fraction of sp³-hybridized carbons (Fsp3) is 0.200. The molecule has 0 amide bonds. The van der Waals surface area contributed by atoms with Crippen LogP contribution in [-0.2, 0) is 16.4 Å². The van der Waals surface area contributed by atoms with E-state index in [0.29, 0.717) is 6.42 Å². The first-order valence-electron chi connectivity index (χ1n) is 5.31. The number of halogens is 1. The van der Waals surface area contributed by atoms with Gasteiger partial charge >= 0.3 is 5.97 Å². The molecular formula is C10H9BrN2O4S3. The zero-order chi connectivity index (χ0) is 14.8. The highest BCUT2D eigenvalue weighted by Gasteiger charge is 2.22. The molecule has 0 aromatic carbocycles. The molecule has 0 unspecified atom stereocenters. The van der Waals surface area contributed by atoms with E-state index in [1.54, 1.807) is 6.20 Å². The number of sulfonamides is 1. The molecule has 0 aliphatic rings. The normalized spacial score (nSPS) is 11.7. The van der Waals surface area contributed by atoms with Crippen LogP contribution in [-0.4, -0.2) is 31.0 Å². The van der Waals surface area contributed by atoms with Crippen molar-refractivity contribution >= 4 is 54.6 Å². The van der Waals surface area contributed by atoms with Crippen LogP contribution in [0.15, 0.2) is 26.3 Å². The van der Waals surface area contributed by atoms with Gasteiger partial charge in [0.15, 0.2) is 0 Å². The van der Waals surface area contributed by atoms with Crippen LogP contribution in [0.3, 0.4) is 0 Å². The molecule has 108 valence electrons. The number of hydrogen-bond acceptors (Lipinski definition) is 6. The van der Waals surface area contributed by atoms with Gasteiger partial charge in [-0.2, -0.15) is 0 Å². The van der Waals surface area contributed by atoms with Gasteiger partial charge in [-0.25, -0.2) is 22.9 Å². The maximum absolute atomic E-state index is 12.1. The van der Waals surface area contributed by atoms with E-state index in [1.807, 2.05) is 5.38 Å². The largest absolute Gasteiger partial charge is 0.477 e. The fourth-order valence-corrected chi connectivity index (χ4v) is 5.44. The van der Waals surface area contributed by atoms with Gasteiger partial charge in [-0.3, -0.25) is 0 Å². The highest BCUT2D eigenvalue weighted by atomic mass is 79.9. The van der Waals surface area contributed by atoms with Gasteiger partial charge in [0.2, 0.25) is 10.0 Å². The molecule has 2 aromatic rings. The van der Waals surface area contributed by atoms with Gasteiger partial charge in [0.05, 0.1) is 8.79 Å². The first kappa shape index (κ1) is 15.6. The molecule has 0 radical (unpaired) electrons. The number of hydrogen-bond donors (Lipinski definition) is 2. The number of rotatable bonds is 6. The molecule has 0 fully saturated rings.